The van der Waals surface area contributed by atoms with Crippen LogP contribution in [0, 0.1) is 0 Å². The second-order valence-electron chi connectivity index (χ2n) is 5.48. The topological polar surface area (TPSA) is 71.1 Å². The molecule has 0 radical (unpaired) electrons. The van der Waals surface area contributed by atoms with Crippen LogP contribution in [0.2, 0.25) is 0 Å². The molecule has 0 spiro atoms. The molecule has 1 aromatic carbocycles. The van der Waals surface area contributed by atoms with E-state index < -0.39 is 0 Å². The van der Waals surface area contributed by atoms with Crippen LogP contribution in [0.3, 0.4) is 0 Å². The average molecular weight is 303 g/mol. The molecule has 0 amide bonds. The van der Waals surface area contributed by atoms with Gasteiger partial charge in [0.1, 0.15) is 25.5 Å². The molecule has 2 heterocycles. The molecular formula is C16H23N4O2+. The van der Waals surface area contributed by atoms with Gasteiger partial charge < -0.3 is 15.1 Å². The predicted octanol–water partition coefficient (Wildman–Crippen LogP) is -0.904. The van der Waals surface area contributed by atoms with Crippen LogP contribution < -0.4 is 5.32 Å². The van der Waals surface area contributed by atoms with Crippen LogP contribution in [0.15, 0.2) is 29.3 Å². The third-order valence-corrected chi connectivity index (χ3v) is 4.08. The quantitative estimate of drug-likeness (QED) is 0.596. The first kappa shape index (κ1) is 15.0. The van der Waals surface area contributed by atoms with Gasteiger partial charge in [-0.05, 0) is 12.1 Å². The first-order valence-corrected chi connectivity index (χ1v) is 7.81. The monoisotopic (exact) mass is 303 g/mol. The van der Waals surface area contributed by atoms with E-state index in [-0.39, 0.29) is 13.2 Å². The molecule has 0 unspecified atom stereocenters. The van der Waals surface area contributed by atoms with E-state index in [4.69, 9.17) is 10.2 Å². The average Bonchev–Trinajstić information content (AvgIpc) is 3.18. The van der Waals surface area contributed by atoms with E-state index in [1.54, 1.807) is 0 Å². The van der Waals surface area contributed by atoms with E-state index in [0.29, 0.717) is 13.1 Å². The van der Waals surface area contributed by atoms with Crippen LogP contribution in [-0.4, -0.2) is 83.8 Å². The van der Waals surface area contributed by atoms with Crippen LogP contribution in [0.4, 0.5) is 0 Å². The lowest BCUT2D eigenvalue weighted by Gasteiger charge is -2.19. The summed E-state index contributed by atoms with van der Waals surface area (Å²) >= 11 is 0. The normalized spacial score (nSPS) is 17.9. The summed E-state index contributed by atoms with van der Waals surface area (Å²) in [6.07, 6.45) is 0. The van der Waals surface area contributed by atoms with E-state index in [1.165, 1.54) is 0 Å². The number of hydrogen-bond acceptors (Lipinski definition) is 5. The third kappa shape index (κ3) is 2.98. The fraction of sp³-hybridized carbons (Fsp3) is 0.500. The Hall–Kier alpha value is -1.92. The highest BCUT2D eigenvalue weighted by Gasteiger charge is 2.23. The number of benzene rings is 1. The molecule has 6 nitrogen and oxygen atoms in total. The van der Waals surface area contributed by atoms with Gasteiger partial charge in [0.05, 0.1) is 25.3 Å². The van der Waals surface area contributed by atoms with Gasteiger partial charge in [0.25, 0.3) is 5.84 Å². The SMILES string of the molecule is OCCN1CCN=C1c1ccc(C2=[N+](CCO)CCN2)cc1. The molecule has 1 aromatic rings. The molecule has 0 bridgehead atoms. The van der Waals surface area contributed by atoms with E-state index in [9.17, 15) is 0 Å². The zero-order valence-electron chi connectivity index (χ0n) is 12.7. The summed E-state index contributed by atoms with van der Waals surface area (Å²) < 4.78 is 2.17. The molecule has 3 rings (SSSR count). The van der Waals surface area contributed by atoms with Crippen molar-refractivity contribution in [1.29, 1.82) is 0 Å². The van der Waals surface area contributed by atoms with Crippen molar-refractivity contribution in [2.75, 3.05) is 52.5 Å². The van der Waals surface area contributed by atoms with Crippen molar-refractivity contribution in [2.24, 2.45) is 4.99 Å². The summed E-state index contributed by atoms with van der Waals surface area (Å²) in [5, 5.41) is 21.6. The lowest BCUT2D eigenvalue weighted by Crippen LogP contribution is -2.31. The molecule has 0 saturated heterocycles. The van der Waals surface area contributed by atoms with E-state index in [2.05, 4.69) is 44.1 Å². The second kappa shape index (κ2) is 6.89. The van der Waals surface area contributed by atoms with Gasteiger partial charge in [0.2, 0.25) is 0 Å². The second-order valence-corrected chi connectivity index (χ2v) is 5.48. The number of β-amino-alcohol motifs (C(OH)–C–C–N with tert-alkyl or cyclic N) is 2. The van der Waals surface area contributed by atoms with Gasteiger partial charge in [-0.25, -0.2) is 0 Å². The Kier molecular flexibility index (Phi) is 4.70. The number of nitrogens with zero attached hydrogens (tertiary/aromatic N) is 3. The van der Waals surface area contributed by atoms with Crippen LogP contribution in [0.5, 0.6) is 0 Å². The van der Waals surface area contributed by atoms with Gasteiger partial charge >= 0.3 is 0 Å². The Morgan fingerprint density at radius 1 is 1.14 bits per heavy atom. The standard InChI is InChI=1S/C16H22N4O2/c21-11-9-19-7-5-17-15(19)13-1-2-14(4-3-13)16-18-6-8-20(16)10-12-22/h1-4,21-22H,5-12H2/p+1. The minimum absolute atomic E-state index is 0.148. The molecular weight excluding hydrogens is 280 g/mol. The predicted molar refractivity (Wildman–Crippen MR) is 85.7 cm³/mol. The van der Waals surface area contributed by atoms with Crippen molar-refractivity contribution < 1.29 is 14.8 Å². The molecule has 0 atom stereocenters. The highest BCUT2D eigenvalue weighted by atomic mass is 16.3. The van der Waals surface area contributed by atoms with Crippen LogP contribution >= 0.6 is 0 Å². The molecule has 0 aromatic heterocycles. The van der Waals surface area contributed by atoms with E-state index in [0.717, 1.165) is 49.0 Å². The maximum Gasteiger partial charge on any atom is 0.277 e. The van der Waals surface area contributed by atoms with Crippen molar-refractivity contribution in [3.8, 4) is 0 Å². The first-order chi connectivity index (χ1) is 10.8. The van der Waals surface area contributed by atoms with Crippen LogP contribution in [0.1, 0.15) is 11.1 Å². The summed E-state index contributed by atoms with van der Waals surface area (Å²) in [4.78, 5) is 6.66. The Morgan fingerprint density at radius 3 is 2.64 bits per heavy atom. The van der Waals surface area contributed by atoms with Crippen molar-refractivity contribution in [2.45, 2.75) is 0 Å². The number of amidine groups is 2. The largest absolute Gasteiger partial charge is 0.395 e. The van der Waals surface area contributed by atoms with Crippen LogP contribution in [0.25, 0.3) is 0 Å². The van der Waals surface area contributed by atoms with Gasteiger partial charge in [-0.2, -0.15) is 0 Å². The molecule has 2 aliphatic heterocycles. The zero-order chi connectivity index (χ0) is 15.4. The molecule has 0 saturated carbocycles. The molecule has 3 N–H and O–H groups in total. The number of aliphatic hydroxyl groups is 2. The summed E-state index contributed by atoms with van der Waals surface area (Å²) in [5.74, 6) is 2.05. The maximum absolute atomic E-state index is 9.13. The Labute approximate surface area is 130 Å². The molecule has 6 heteroatoms. The number of nitrogens with one attached hydrogen (secondary N) is 1. The van der Waals surface area contributed by atoms with Crippen molar-refractivity contribution in [3.63, 3.8) is 0 Å². The smallest absolute Gasteiger partial charge is 0.277 e. The third-order valence-electron chi connectivity index (χ3n) is 4.08. The lowest BCUT2D eigenvalue weighted by atomic mass is 10.1. The zero-order valence-corrected chi connectivity index (χ0v) is 12.7. The minimum atomic E-state index is 0.148. The lowest BCUT2D eigenvalue weighted by molar-refractivity contribution is -0.519. The highest BCUT2D eigenvalue weighted by molar-refractivity contribution is 6.01. The minimum Gasteiger partial charge on any atom is -0.395 e. The maximum atomic E-state index is 9.13. The van der Waals surface area contributed by atoms with Gasteiger partial charge in [0, 0.05) is 18.7 Å². The Bertz CT molecular complexity index is 580. The number of hydrogen-bond donors (Lipinski definition) is 3. The fourth-order valence-electron chi connectivity index (χ4n) is 3.03. The van der Waals surface area contributed by atoms with Gasteiger partial charge in [-0.15, -0.1) is 0 Å². The van der Waals surface area contributed by atoms with E-state index >= 15 is 0 Å². The van der Waals surface area contributed by atoms with Gasteiger partial charge in [-0.3, -0.25) is 14.9 Å². The summed E-state index contributed by atoms with van der Waals surface area (Å²) in [7, 11) is 0. The van der Waals surface area contributed by atoms with Gasteiger partial charge in [-0.1, -0.05) is 12.1 Å². The number of aliphatic imine (C=N–C) groups is 1. The summed E-state index contributed by atoms with van der Waals surface area (Å²) in [6, 6.07) is 8.33. The molecule has 0 aliphatic carbocycles. The van der Waals surface area contributed by atoms with Crippen molar-refractivity contribution in [1.82, 2.24) is 10.2 Å². The summed E-state index contributed by atoms with van der Waals surface area (Å²) in [6.45, 7) is 5.10. The Morgan fingerprint density at radius 2 is 1.91 bits per heavy atom. The van der Waals surface area contributed by atoms with E-state index in [1.807, 2.05) is 0 Å². The van der Waals surface area contributed by atoms with Crippen molar-refractivity contribution in [3.05, 3.63) is 35.4 Å². The summed E-state index contributed by atoms with van der Waals surface area (Å²) in [5.41, 5.74) is 2.21. The Balaban J connectivity index is 1.80. The molecule has 0 fully saturated rings. The van der Waals surface area contributed by atoms with Crippen molar-refractivity contribution >= 4 is 11.7 Å². The van der Waals surface area contributed by atoms with Crippen LogP contribution in [-0.2, 0) is 0 Å². The number of rotatable bonds is 6. The molecule has 118 valence electrons. The number of aliphatic hydroxyl groups excluding tert-OH is 2. The molecule has 2 aliphatic rings. The fourth-order valence-corrected chi connectivity index (χ4v) is 3.03. The van der Waals surface area contributed by atoms with Gasteiger partial charge in [0.15, 0.2) is 0 Å². The molecule has 22 heavy (non-hydrogen) atoms. The first-order valence-electron chi connectivity index (χ1n) is 7.81. The highest BCUT2D eigenvalue weighted by Crippen LogP contribution is 2.13.